The topological polar surface area (TPSA) is 65.0 Å². The van der Waals surface area contributed by atoms with Gasteiger partial charge in [-0.05, 0) is 12.5 Å². The van der Waals surface area contributed by atoms with Gasteiger partial charge in [0.05, 0.1) is 38.4 Å². The molecule has 1 aromatic rings. The van der Waals surface area contributed by atoms with Crippen molar-refractivity contribution in [1.29, 1.82) is 0 Å². The van der Waals surface area contributed by atoms with Gasteiger partial charge in [0.1, 0.15) is 6.10 Å². The van der Waals surface area contributed by atoms with Crippen LogP contribution in [0.4, 0.5) is 0 Å². The third kappa shape index (κ3) is 5.12. The number of aliphatic hydroxyl groups is 1. The van der Waals surface area contributed by atoms with Crippen molar-refractivity contribution in [3.8, 4) is 0 Å². The fraction of sp³-hybridized carbons (Fsp3) is 0.562. The van der Waals surface area contributed by atoms with Gasteiger partial charge in [-0.15, -0.1) is 0 Å². The van der Waals surface area contributed by atoms with Crippen LogP contribution in [0.5, 0.6) is 0 Å². The van der Waals surface area contributed by atoms with Gasteiger partial charge in [-0.1, -0.05) is 30.3 Å². The first-order valence-corrected chi connectivity index (χ1v) is 7.30. The summed E-state index contributed by atoms with van der Waals surface area (Å²) in [5.74, 6) is -0.277. The fourth-order valence-electron chi connectivity index (χ4n) is 2.33. The highest BCUT2D eigenvalue weighted by Crippen LogP contribution is 2.21. The number of ether oxygens (including phenoxy) is 3. The molecule has 116 valence electrons. The lowest BCUT2D eigenvalue weighted by molar-refractivity contribution is -0.163. The summed E-state index contributed by atoms with van der Waals surface area (Å²) in [6.45, 7) is 2.76. The quantitative estimate of drug-likeness (QED) is 0.809. The van der Waals surface area contributed by atoms with E-state index in [1.165, 1.54) is 0 Å². The van der Waals surface area contributed by atoms with Gasteiger partial charge < -0.3 is 19.3 Å². The lowest BCUT2D eigenvalue weighted by Gasteiger charge is -2.33. The molecule has 0 aromatic heterocycles. The first kappa shape index (κ1) is 15.9. The summed E-state index contributed by atoms with van der Waals surface area (Å²) in [4.78, 5) is 11.5. The first-order valence-electron chi connectivity index (χ1n) is 7.30. The van der Waals surface area contributed by atoms with Gasteiger partial charge in [0.2, 0.25) is 0 Å². The Morgan fingerprint density at radius 2 is 2.14 bits per heavy atom. The monoisotopic (exact) mass is 294 g/mol. The average molecular weight is 294 g/mol. The third-order valence-corrected chi connectivity index (χ3v) is 3.43. The molecule has 0 unspecified atom stereocenters. The highest BCUT2D eigenvalue weighted by Gasteiger charge is 2.32. The van der Waals surface area contributed by atoms with E-state index in [9.17, 15) is 9.90 Å². The van der Waals surface area contributed by atoms with Crippen LogP contribution in [0.3, 0.4) is 0 Å². The second kappa shape index (κ2) is 8.12. The predicted octanol–water partition coefficient (Wildman–Crippen LogP) is 1.67. The van der Waals surface area contributed by atoms with Gasteiger partial charge in [0.25, 0.3) is 0 Å². The van der Waals surface area contributed by atoms with Crippen LogP contribution in [-0.2, 0) is 25.6 Å². The second-order valence-corrected chi connectivity index (χ2v) is 5.10. The molecule has 21 heavy (non-hydrogen) atoms. The van der Waals surface area contributed by atoms with Crippen molar-refractivity contribution in [2.24, 2.45) is 0 Å². The van der Waals surface area contributed by atoms with Crippen molar-refractivity contribution >= 4 is 5.97 Å². The van der Waals surface area contributed by atoms with E-state index in [-0.39, 0.29) is 31.2 Å². The number of esters is 1. The number of rotatable bonds is 6. The molecule has 0 aliphatic carbocycles. The van der Waals surface area contributed by atoms with Crippen LogP contribution in [0.15, 0.2) is 30.3 Å². The zero-order valence-corrected chi connectivity index (χ0v) is 12.2. The fourth-order valence-corrected chi connectivity index (χ4v) is 2.33. The zero-order chi connectivity index (χ0) is 15.1. The molecule has 0 radical (unpaired) electrons. The molecular weight excluding hydrogens is 272 g/mol. The predicted molar refractivity (Wildman–Crippen MR) is 76.6 cm³/mol. The molecule has 1 fully saturated rings. The molecular formula is C16H22O5. The van der Waals surface area contributed by atoms with E-state index in [4.69, 9.17) is 14.2 Å². The average Bonchev–Trinajstić information content (AvgIpc) is 2.49. The molecule has 3 atom stereocenters. The summed E-state index contributed by atoms with van der Waals surface area (Å²) in [5, 5.41) is 9.94. The van der Waals surface area contributed by atoms with Gasteiger partial charge in [0, 0.05) is 6.42 Å². The van der Waals surface area contributed by atoms with Gasteiger partial charge >= 0.3 is 5.97 Å². The van der Waals surface area contributed by atoms with E-state index in [1.807, 2.05) is 30.3 Å². The molecule has 0 saturated carbocycles. The third-order valence-electron chi connectivity index (χ3n) is 3.43. The Balaban J connectivity index is 1.82. The summed E-state index contributed by atoms with van der Waals surface area (Å²) in [5.41, 5.74) is 1.05. The van der Waals surface area contributed by atoms with Crippen LogP contribution in [0.2, 0.25) is 0 Å². The van der Waals surface area contributed by atoms with Gasteiger partial charge in [-0.25, -0.2) is 0 Å². The van der Waals surface area contributed by atoms with Crippen LogP contribution >= 0.6 is 0 Å². The number of benzene rings is 1. The number of hydrogen-bond donors (Lipinski definition) is 1. The summed E-state index contributed by atoms with van der Waals surface area (Å²) in [7, 11) is 0. The molecule has 2 rings (SSSR count). The maximum Gasteiger partial charge on any atom is 0.308 e. The summed E-state index contributed by atoms with van der Waals surface area (Å²) < 4.78 is 16.1. The van der Waals surface area contributed by atoms with E-state index in [2.05, 4.69) is 0 Å². The molecule has 0 spiro atoms. The molecule has 1 aliphatic heterocycles. The minimum atomic E-state index is -0.660. The number of hydrogen-bond acceptors (Lipinski definition) is 5. The second-order valence-electron chi connectivity index (χ2n) is 5.10. The minimum absolute atomic E-state index is 0.184. The van der Waals surface area contributed by atoms with Crippen molar-refractivity contribution in [3.05, 3.63) is 35.9 Å². The highest BCUT2D eigenvalue weighted by molar-refractivity contribution is 5.69. The Hall–Kier alpha value is -1.43. The molecule has 1 aliphatic rings. The molecule has 1 heterocycles. The molecule has 1 aromatic carbocycles. The number of carbonyl (C=O) groups excluding carboxylic acids is 1. The molecule has 1 N–H and O–H groups in total. The Kier molecular flexibility index (Phi) is 6.17. The van der Waals surface area contributed by atoms with Crippen LogP contribution in [0.25, 0.3) is 0 Å². The highest BCUT2D eigenvalue weighted by atomic mass is 16.5. The van der Waals surface area contributed by atoms with Crippen molar-refractivity contribution in [2.75, 3.05) is 13.2 Å². The summed E-state index contributed by atoms with van der Waals surface area (Å²) >= 11 is 0. The molecule has 1 saturated heterocycles. The van der Waals surface area contributed by atoms with Crippen molar-refractivity contribution in [2.45, 2.75) is 44.7 Å². The van der Waals surface area contributed by atoms with E-state index in [0.717, 1.165) is 5.56 Å². The standard InChI is InChI=1S/C16H22O5/c1-2-19-16(18)9-13-8-15(14(17)11-20-13)21-10-12-6-4-3-5-7-12/h3-7,13-15,17H,2,8-11H2,1H3/t13-,14-,15-/m0/s1. The summed E-state index contributed by atoms with van der Waals surface area (Å²) in [6.07, 6.45) is -0.544. The van der Waals surface area contributed by atoms with Crippen molar-refractivity contribution in [3.63, 3.8) is 0 Å². The van der Waals surface area contributed by atoms with Crippen LogP contribution in [0.1, 0.15) is 25.3 Å². The zero-order valence-electron chi connectivity index (χ0n) is 12.2. The first-order chi connectivity index (χ1) is 10.2. The Morgan fingerprint density at radius 3 is 2.86 bits per heavy atom. The van der Waals surface area contributed by atoms with Crippen LogP contribution in [0, 0.1) is 0 Å². The Bertz CT molecular complexity index is 434. The molecule has 5 heteroatoms. The van der Waals surface area contributed by atoms with Crippen molar-refractivity contribution < 1.29 is 24.1 Å². The van der Waals surface area contributed by atoms with Crippen molar-refractivity contribution in [1.82, 2.24) is 0 Å². The van der Waals surface area contributed by atoms with E-state index < -0.39 is 6.10 Å². The van der Waals surface area contributed by atoms with Gasteiger partial charge in [-0.2, -0.15) is 0 Å². The molecule has 0 amide bonds. The smallest absolute Gasteiger partial charge is 0.308 e. The number of carbonyl (C=O) groups is 1. The lowest BCUT2D eigenvalue weighted by atomic mass is 10.0. The van der Waals surface area contributed by atoms with Crippen LogP contribution < -0.4 is 0 Å². The lowest BCUT2D eigenvalue weighted by Crippen LogP contribution is -2.43. The van der Waals surface area contributed by atoms with E-state index in [1.54, 1.807) is 6.92 Å². The Morgan fingerprint density at radius 1 is 1.38 bits per heavy atom. The number of aliphatic hydroxyl groups excluding tert-OH is 1. The Labute approximate surface area is 124 Å². The normalized spacial score (nSPS) is 25.5. The molecule has 0 bridgehead atoms. The van der Waals surface area contributed by atoms with E-state index >= 15 is 0 Å². The van der Waals surface area contributed by atoms with Crippen LogP contribution in [-0.4, -0.2) is 42.6 Å². The maximum absolute atomic E-state index is 11.5. The minimum Gasteiger partial charge on any atom is -0.466 e. The molecule has 5 nitrogen and oxygen atoms in total. The summed E-state index contributed by atoms with van der Waals surface area (Å²) in [6, 6.07) is 9.79. The van der Waals surface area contributed by atoms with Gasteiger partial charge in [-0.3, -0.25) is 4.79 Å². The van der Waals surface area contributed by atoms with E-state index in [0.29, 0.717) is 19.6 Å². The SMILES string of the molecule is CCOC(=O)C[C@@H]1C[C@H](OCc2ccccc2)[C@@H](O)CO1. The largest absolute Gasteiger partial charge is 0.466 e. The van der Waals surface area contributed by atoms with Gasteiger partial charge in [0.15, 0.2) is 0 Å². The maximum atomic E-state index is 11.5.